The highest BCUT2D eigenvalue weighted by Crippen LogP contribution is 2.22. The molecule has 0 aliphatic rings. The predicted molar refractivity (Wildman–Crippen MR) is 70.3 cm³/mol. The van der Waals surface area contributed by atoms with E-state index < -0.39 is 5.41 Å². The Labute approximate surface area is 108 Å². The Balaban J connectivity index is 2.69. The molecule has 0 heterocycles. The van der Waals surface area contributed by atoms with E-state index in [2.05, 4.69) is 0 Å². The molecular weight excluding hydrogens is 230 g/mol. The van der Waals surface area contributed by atoms with Gasteiger partial charge < -0.3 is 15.2 Å². The Hall–Kier alpha value is -1.55. The first kappa shape index (κ1) is 14.5. The molecule has 0 spiro atoms. The second-order valence-corrected chi connectivity index (χ2v) is 5.03. The van der Waals surface area contributed by atoms with Gasteiger partial charge in [-0.05, 0) is 38.5 Å². The predicted octanol–water partition coefficient (Wildman–Crippen LogP) is 2.28. The summed E-state index contributed by atoms with van der Waals surface area (Å²) < 4.78 is 10.4. The van der Waals surface area contributed by atoms with Crippen molar-refractivity contribution in [2.24, 2.45) is 11.1 Å². The summed E-state index contributed by atoms with van der Waals surface area (Å²) >= 11 is 0. The summed E-state index contributed by atoms with van der Waals surface area (Å²) in [6.45, 7) is 5.75. The summed E-state index contributed by atoms with van der Waals surface area (Å²) in [6, 6.07) is 7.53. The Morgan fingerprint density at radius 3 is 2.67 bits per heavy atom. The second-order valence-electron chi connectivity index (χ2n) is 5.03. The van der Waals surface area contributed by atoms with Crippen molar-refractivity contribution in [1.82, 2.24) is 0 Å². The minimum absolute atomic E-state index is 0.0397. The topological polar surface area (TPSA) is 61.5 Å². The van der Waals surface area contributed by atoms with Crippen LogP contribution in [0.1, 0.15) is 32.4 Å². The molecule has 1 atom stereocenters. The van der Waals surface area contributed by atoms with Gasteiger partial charge in [-0.3, -0.25) is 4.79 Å². The molecular formula is C14H21NO3. The molecule has 0 fully saturated rings. The van der Waals surface area contributed by atoms with E-state index >= 15 is 0 Å². The van der Waals surface area contributed by atoms with Gasteiger partial charge in [-0.15, -0.1) is 0 Å². The monoisotopic (exact) mass is 251 g/mol. The standard InChI is InChI=1S/C14H21NO3/c1-10(15)11-6-5-7-12(8-11)18-9-14(2,3)13(16)17-4/h5-8,10H,9,15H2,1-4H3. The Kier molecular flexibility index (Phi) is 4.73. The van der Waals surface area contributed by atoms with Crippen molar-refractivity contribution in [3.8, 4) is 5.75 Å². The minimum atomic E-state index is -0.668. The van der Waals surface area contributed by atoms with Crippen LogP contribution in [0.4, 0.5) is 0 Å². The lowest BCUT2D eigenvalue weighted by Gasteiger charge is -2.22. The van der Waals surface area contributed by atoms with Gasteiger partial charge in [0.2, 0.25) is 0 Å². The fourth-order valence-electron chi connectivity index (χ4n) is 1.49. The molecule has 100 valence electrons. The number of esters is 1. The highest BCUT2D eigenvalue weighted by molar-refractivity contribution is 5.75. The van der Waals surface area contributed by atoms with Crippen molar-refractivity contribution in [1.29, 1.82) is 0 Å². The number of rotatable bonds is 5. The van der Waals surface area contributed by atoms with Crippen LogP contribution >= 0.6 is 0 Å². The van der Waals surface area contributed by atoms with Gasteiger partial charge in [-0.2, -0.15) is 0 Å². The van der Waals surface area contributed by atoms with Crippen LogP contribution in [0, 0.1) is 5.41 Å². The minimum Gasteiger partial charge on any atom is -0.492 e. The van der Waals surface area contributed by atoms with Crippen LogP contribution < -0.4 is 10.5 Å². The summed E-state index contributed by atoms with van der Waals surface area (Å²) in [4.78, 5) is 11.5. The van der Waals surface area contributed by atoms with Crippen LogP contribution in [0.5, 0.6) is 5.75 Å². The van der Waals surface area contributed by atoms with Crippen LogP contribution in [0.3, 0.4) is 0 Å². The lowest BCUT2D eigenvalue weighted by Crippen LogP contribution is -2.32. The van der Waals surface area contributed by atoms with E-state index in [1.165, 1.54) is 7.11 Å². The highest BCUT2D eigenvalue weighted by atomic mass is 16.5. The van der Waals surface area contributed by atoms with Gasteiger partial charge in [0.15, 0.2) is 0 Å². The van der Waals surface area contributed by atoms with E-state index in [-0.39, 0.29) is 18.6 Å². The largest absolute Gasteiger partial charge is 0.492 e. The van der Waals surface area contributed by atoms with Crippen molar-refractivity contribution in [3.63, 3.8) is 0 Å². The third-order valence-corrected chi connectivity index (χ3v) is 2.72. The number of benzene rings is 1. The van der Waals surface area contributed by atoms with Crippen LogP contribution in [-0.4, -0.2) is 19.7 Å². The van der Waals surface area contributed by atoms with Gasteiger partial charge in [0.1, 0.15) is 12.4 Å². The molecule has 0 aliphatic carbocycles. The van der Waals surface area contributed by atoms with Gasteiger partial charge in [-0.1, -0.05) is 12.1 Å². The molecule has 2 N–H and O–H groups in total. The molecule has 0 radical (unpaired) electrons. The summed E-state index contributed by atoms with van der Waals surface area (Å²) in [6.07, 6.45) is 0. The maximum atomic E-state index is 11.5. The van der Waals surface area contributed by atoms with E-state index in [1.54, 1.807) is 13.8 Å². The van der Waals surface area contributed by atoms with Crippen LogP contribution in [0.25, 0.3) is 0 Å². The third-order valence-electron chi connectivity index (χ3n) is 2.72. The number of hydrogen-bond acceptors (Lipinski definition) is 4. The van der Waals surface area contributed by atoms with Crippen LogP contribution in [-0.2, 0) is 9.53 Å². The van der Waals surface area contributed by atoms with Crippen molar-refractivity contribution in [3.05, 3.63) is 29.8 Å². The van der Waals surface area contributed by atoms with Gasteiger partial charge in [0.25, 0.3) is 0 Å². The van der Waals surface area contributed by atoms with Crippen molar-refractivity contribution in [2.75, 3.05) is 13.7 Å². The van der Waals surface area contributed by atoms with Gasteiger partial charge >= 0.3 is 5.97 Å². The van der Waals surface area contributed by atoms with Crippen LogP contribution in [0.15, 0.2) is 24.3 Å². The van der Waals surface area contributed by atoms with E-state index in [9.17, 15) is 4.79 Å². The zero-order valence-electron chi connectivity index (χ0n) is 11.4. The first-order valence-corrected chi connectivity index (χ1v) is 5.93. The maximum absolute atomic E-state index is 11.5. The van der Waals surface area contributed by atoms with E-state index in [0.717, 1.165) is 5.56 Å². The lowest BCUT2D eigenvalue weighted by molar-refractivity contribution is -0.152. The maximum Gasteiger partial charge on any atom is 0.314 e. The molecule has 0 bridgehead atoms. The quantitative estimate of drug-likeness (QED) is 0.816. The fourth-order valence-corrected chi connectivity index (χ4v) is 1.49. The molecule has 1 aromatic carbocycles. The molecule has 4 nitrogen and oxygen atoms in total. The summed E-state index contributed by atoms with van der Waals surface area (Å²) in [5, 5.41) is 0. The summed E-state index contributed by atoms with van der Waals surface area (Å²) in [7, 11) is 1.38. The molecule has 0 saturated heterocycles. The number of carbonyl (C=O) groups excluding carboxylic acids is 1. The molecule has 0 saturated carbocycles. The molecule has 0 aromatic heterocycles. The Bertz CT molecular complexity index is 413. The molecule has 0 aliphatic heterocycles. The van der Waals surface area contributed by atoms with Crippen molar-refractivity contribution in [2.45, 2.75) is 26.8 Å². The molecule has 1 aromatic rings. The van der Waals surface area contributed by atoms with Gasteiger partial charge in [0, 0.05) is 6.04 Å². The Morgan fingerprint density at radius 1 is 1.44 bits per heavy atom. The van der Waals surface area contributed by atoms with Crippen molar-refractivity contribution >= 4 is 5.97 Å². The van der Waals surface area contributed by atoms with E-state index in [0.29, 0.717) is 5.75 Å². The normalized spacial score (nSPS) is 12.9. The average molecular weight is 251 g/mol. The number of ether oxygens (including phenoxy) is 2. The zero-order chi connectivity index (χ0) is 13.8. The lowest BCUT2D eigenvalue weighted by atomic mass is 9.95. The van der Waals surface area contributed by atoms with Gasteiger partial charge in [-0.25, -0.2) is 0 Å². The molecule has 1 rings (SSSR count). The van der Waals surface area contributed by atoms with E-state index in [1.807, 2.05) is 31.2 Å². The summed E-state index contributed by atoms with van der Waals surface area (Å²) in [5.41, 5.74) is 6.14. The molecule has 0 amide bonds. The number of nitrogens with two attached hydrogens (primary N) is 1. The number of carbonyl (C=O) groups is 1. The fraction of sp³-hybridized carbons (Fsp3) is 0.500. The van der Waals surface area contributed by atoms with E-state index in [4.69, 9.17) is 15.2 Å². The molecule has 4 heteroatoms. The molecule has 18 heavy (non-hydrogen) atoms. The third kappa shape index (κ3) is 3.74. The average Bonchev–Trinajstić information content (AvgIpc) is 2.35. The van der Waals surface area contributed by atoms with Gasteiger partial charge in [0.05, 0.1) is 12.5 Å². The number of methoxy groups -OCH3 is 1. The smallest absolute Gasteiger partial charge is 0.314 e. The highest BCUT2D eigenvalue weighted by Gasteiger charge is 2.29. The Morgan fingerprint density at radius 2 is 2.11 bits per heavy atom. The first-order valence-electron chi connectivity index (χ1n) is 5.93. The zero-order valence-corrected chi connectivity index (χ0v) is 11.4. The second kappa shape index (κ2) is 5.87. The van der Waals surface area contributed by atoms with Crippen molar-refractivity contribution < 1.29 is 14.3 Å². The first-order chi connectivity index (χ1) is 8.36. The van der Waals surface area contributed by atoms with Crippen LogP contribution in [0.2, 0.25) is 0 Å². The molecule has 1 unspecified atom stereocenters. The SMILES string of the molecule is COC(=O)C(C)(C)COc1cccc(C(C)N)c1. The number of hydrogen-bond donors (Lipinski definition) is 1. The summed E-state index contributed by atoms with van der Waals surface area (Å²) in [5.74, 6) is 0.424.